The van der Waals surface area contributed by atoms with Crippen LogP contribution in [0.4, 0.5) is 0 Å². The molecule has 0 spiro atoms. The number of carbonyl (C=O) groups excluding carboxylic acids is 1. The number of benzene rings is 1. The molecule has 5 N–H and O–H groups in total. The van der Waals surface area contributed by atoms with Gasteiger partial charge in [0.1, 0.15) is 0 Å². The first-order valence-corrected chi connectivity index (χ1v) is 6.79. The number of hydrogen-bond donors (Lipinski definition) is 4. The fourth-order valence-electron chi connectivity index (χ4n) is 2.30. The zero-order chi connectivity index (χ0) is 15.4. The smallest absolute Gasteiger partial charge is 0.239 e. The number of nitrogens with zero attached hydrogens (tertiary/aromatic N) is 1. The van der Waals surface area contributed by atoms with Crippen molar-refractivity contribution in [1.29, 1.82) is 0 Å². The zero-order valence-corrected chi connectivity index (χ0v) is 11.6. The van der Waals surface area contributed by atoms with Crippen molar-refractivity contribution in [1.82, 2.24) is 4.90 Å². The Bertz CT molecular complexity index is 508. The number of carbonyl (C=O) groups is 1. The summed E-state index contributed by atoms with van der Waals surface area (Å²) in [6, 6.07) is 3.61. The van der Waals surface area contributed by atoms with E-state index < -0.39 is 6.04 Å². The summed E-state index contributed by atoms with van der Waals surface area (Å²) in [4.78, 5) is 13.8. The molecule has 1 unspecified atom stereocenters. The maximum absolute atomic E-state index is 12.3. The Kier molecular flexibility index (Phi) is 5.00. The van der Waals surface area contributed by atoms with Gasteiger partial charge in [0.2, 0.25) is 5.91 Å². The summed E-state index contributed by atoms with van der Waals surface area (Å²) >= 11 is 0. The largest absolute Gasteiger partial charge is 0.504 e. The number of aliphatic hydroxyl groups excluding tert-OH is 1. The lowest BCUT2D eigenvalue weighted by atomic mass is 10.0. The number of morpholine rings is 1. The maximum Gasteiger partial charge on any atom is 0.239 e. The second kappa shape index (κ2) is 6.75. The van der Waals surface area contributed by atoms with E-state index in [4.69, 9.17) is 15.6 Å². The molecule has 21 heavy (non-hydrogen) atoms. The molecule has 0 bridgehead atoms. The molecule has 1 heterocycles. The van der Waals surface area contributed by atoms with Crippen molar-refractivity contribution in [2.45, 2.75) is 18.6 Å². The van der Waals surface area contributed by atoms with Crippen molar-refractivity contribution in [3.8, 4) is 11.5 Å². The van der Waals surface area contributed by atoms with E-state index in [0.717, 1.165) is 0 Å². The highest BCUT2D eigenvalue weighted by atomic mass is 16.5. The first-order chi connectivity index (χ1) is 10.0. The van der Waals surface area contributed by atoms with Gasteiger partial charge in [0.05, 0.1) is 25.4 Å². The number of phenolic OH excluding ortho intramolecular Hbond substituents is 2. The number of phenols is 2. The molecule has 7 nitrogen and oxygen atoms in total. The summed E-state index contributed by atoms with van der Waals surface area (Å²) in [7, 11) is 0. The molecule has 7 heteroatoms. The Balaban J connectivity index is 1.97. The predicted octanol–water partition coefficient (Wildman–Crippen LogP) is -0.813. The minimum Gasteiger partial charge on any atom is -0.504 e. The van der Waals surface area contributed by atoms with Gasteiger partial charge in [-0.2, -0.15) is 0 Å². The van der Waals surface area contributed by atoms with Crippen molar-refractivity contribution >= 4 is 5.91 Å². The summed E-state index contributed by atoms with van der Waals surface area (Å²) in [5.41, 5.74) is 6.58. The van der Waals surface area contributed by atoms with E-state index in [9.17, 15) is 15.0 Å². The minimum atomic E-state index is -0.744. The molecule has 1 aromatic carbocycles. The van der Waals surface area contributed by atoms with Gasteiger partial charge in [0, 0.05) is 13.1 Å². The lowest BCUT2D eigenvalue weighted by molar-refractivity contribution is -0.141. The fraction of sp³-hybridized carbons (Fsp3) is 0.500. The molecule has 1 aromatic rings. The van der Waals surface area contributed by atoms with Crippen molar-refractivity contribution in [2.24, 2.45) is 5.73 Å². The highest BCUT2D eigenvalue weighted by Gasteiger charge is 2.27. The van der Waals surface area contributed by atoms with Crippen LogP contribution in [-0.4, -0.2) is 64.6 Å². The zero-order valence-electron chi connectivity index (χ0n) is 11.6. The maximum atomic E-state index is 12.3. The van der Waals surface area contributed by atoms with Crippen LogP contribution in [0.5, 0.6) is 11.5 Å². The molecular weight excluding hydrogens is 276 g/mol. The number of rotatable bonds is 4. The highest BCUT2D eigenvalue weighted by molar-refractivity contribution is 5.82. The fourth-order valence-corrected chi connectivity index (χ4v) is 2.30. The van der Waals surface area contributed by atoms with Gasteiger partial charge in [0.25, 0.3) is 0 Å². The summed E-state index contributed by atoms with van der Waals surface area (Å²) in [6.07, 6.45) is -0.110. The second-order valence-electron chi connectivity index (χ2n) is 5.09. The first kappa shape index (κ1) is 15.6. The van der Waals surface area contributed by atoms with Crippen LogP contribution in [0.15, 0.2) is 18.2 Å². The van der Waals surface area contributed by atoms with Gasteiger partial charge in [-0.25, -0.2) is 0 Å². The van der Waals surface area contributed by atoms with Crippen LogP contribution in [0.2, 0.25) is 0 Å². The molecule has 2 atom stereocenters. The van der Waals surface area contributed by atoms with E-state index in [1.807, 2.05) is 0 Å². The Hall–Kier alpha value is -1.83. The number of nitrogens with two attached hydrogens (primary N) is 1. The van der Waals surface area contributed by atoms with Crippen LogP contribution in [-0.2, 0) is 16.0 Å². The Morgan fingerprint density at radius 3 is 2.86 bits per heavy atom. The Morgan fingerprint density at radius 1 is 1.43 bits per heavy atom. The van der Waals surface area contributed by atoms with Gasteiger partial charge in [0.15, 0.2) is 11.5 Å². The van der Waals surface area contributed by atoms with Crippen molar-refractivity contribution in [3.05, 3.63) is 23.8 Å². The van der Waals surface area contributed by atoms with E-state index in [0.29, 0.717) is 25.3 Å². The standard InChI is InChI=1S/C14H20N2O5/c15-11(5-9-1-2-12(18)13(19)6-9)14(20)16-3-4-21-10(7-16)8-17/h1-2,6,10-11,17-19H,3-5,7-8,15H2/t10?,11-/m0/s1. The third kappa shape index (κ3) is 3.84. The van der Waals surface area contributed by atoms with Crippen molar-refractivity contribution in [2.75, 3.05) is 26.3 Å². The van der Waals surface area contributed by atoms with Crippen LogP contribution in [0.3, 0.4) is 0 Å². The van der Waals surface area contributed by atoms with Gasteiger partial charge in [-0.15, -0.1) is 0 Å². The molecular formula is C14H20N2O5. The lowest BCUT2D eigenvalue weighted by Gasteiger charge is -2.33. The third-order valence-electron chi connectivity index (χ3n) is 3.47. The van der Waals surface area contributed by atoms with Crippen LogP contribution >= 0.6 is 0 Å². The molecule has 1 amide bonds. The van der Waals surface area contributed by atoms with Crippen LogP contribution in [0, 0.1) is 0 Å². The van der Waals surface area contributed by atoms with Gasteiger partial charge >= 0.3 is 0 Å². The molecule has 1 aliphatic heterocycles. The molecule has 0 aliphatic carbocycles. The highest BCUT2D eigenvalue weighted by Crippen LogP contribution is 2.25. The number of hydrogen-bond acceptors (Lipinski definition) is 6. The molecule has 116 valence electrons. The number of ether oxygens (including phenoxy) is 1. The average molecular weight is 296 g/mol. The van der Waals surface area contributed by atoms with Gasteiger partial charge in [-0.05, 0) is 24.1 Å². The van der Waals surface area contributed by atoms with Crippen LogP contribution in [0.25, 0.3) is 0 Å². The van der Waals surface area contributed by atoms with Gasteiger partial charge in [-0.1, -0.05) is 6.07 Å². The summed E-state index contributed by atoms with van der Waals surface area (Å²) < 4.78 is 5.29. The molecule has 0 saturated carbocycles. The van der Waals surface area contributed by atoms with E-state index in [2.05, 4.69) is 0 Å². The molecule has 1 saturated heterocycles. The van der Waals surface area contributed by atoms with Crippen molar-refractivity contribution in [3.63, 3.8) is 0 Å². The van der Waals surface area contributed by atoms with E-state index in [1.165, 1.54) is 12.1 Å². The van der Waals surface area contributed by atoms with Crippen LogP contribution in [0.1, 0.15) is 5.56 Å². The van der Waals surface area contributed by atoms with E-state index in [-0.39, 0.29) is 36.5 Å². The molecule has 0 aromatic heterocycles. The lowest BCUT2D eigenvalue weighted by Crippen LogP contribution is -2.52. The Labute approximate surface area is 122 Å². The molecule has 2 rings (SSSR count). The number of amides is 1. The third-order valence-corrected chi connectivity index (χ3v) is 3.47. The topological polar surface area (TPSA) is 116 Å². The van der Waals surface area contributed by atoms with Crippen LogP contribution < -0.4 is 5.73 Å². The first-order valence-electron chi connectivity index (χ1n) is 6.79. The van der Waals surface area contributed by atoms with E-state index in [1.54, 1.807) is 11.0 Å². The summed E-state index contributed by atoms with van der Waals surface area (Å²) in [6.45, 7) is 1.02. The van der Waals surface area contributed by atoms with Gasteiger partial charge in [-0.3, -0.25) is 4.79 Å². The quantitative estimate of drug-likeness (QED) is 0.540. The summed E-state index contributed by atoms with van der Waals surface area (Å²) in [5.74, 6) is -0.666. The minimum absolute atomic E-state index is 0.134. The molecule has 0 radical (unpaired) electrons. The molecule has 1 aliphatic rings. The normalized spacial score (nSPS) is 20.3. The summed E-state index contributed by atoms with van der Waals surface area (Å²) in [5, 5.41) is 27.8. The average Bonchev–Trinajstić information content (AvgIpc) is 2.50. The monoisotopic (exact) mass is 296 g/mol. The second-order valence-corrected chi connectivity index (χ2v) is 5.09. The predicted molar refractivity (Wildman–Crippen MR) is 74.9 cm³/mol. The SMILES string of the molecule is N[C@@H](Cc1ccc(O)c(O)c1)C(=O)N1CCOC(CO)C1. The van der Waals surface area contributed by atoms with Gasteiger partial charge < -0.3 is 30.7 Å². The number of aliphatic hydroxyl groups is 1. The van der Waals surface area contributed by atoms with E-state index >= 15 is 0 Å². The van der Waals surface area contributed by atoms with Crippen molar-refractivity contribution < 1.29 is 24.9 Å². The number of aromatic hydroxyl groups is 2. The Morgan fingerprint density at radius 2 is 2.19 bits per heavy atom. The molecule has 1 fully saturated rings.